The molecule has 0 amide bonds. The topological polar surface area (TPSA) is 9.23 Å². The van der Waals surface area contributed by atoms with Crippen molar-refractivity contribution in [3.63, 3.8) is 0 Å². The predicted octanol–water partition coefficient (Wildman–Crippen LogP) is 8.25. The first-order valence-corrected chi connectivity index (χ1v) is 11.9. The third kappa shape index (κ3) is 5.26. The summed E-state index contributed by atoms with van der Waals surface area (Å²) in [6.07, 6.45) is 6.29. The summed E-state index contributed by atoms with van der Waals surface area (Å²) in [6, 6.07) is 16.3. The van der Waals surface area contributed by atoms with Gasteiger partial charge in [0.15, 0.2) is 23.2 Å². The van der Waals surface area contributed by atoms with Crippen LogP contribution in [0, 0.1) is 23.4 Å². The highest BCUT2D eigenvalue weighted by Gasteiger charge is 2.24. The number of halogens is 3. The molecule has 3 aromatic rings. The fourth-order valence-electron chi connectivity index (χ4n) is 5.01. The van der Waals surface area contributed by atoms with Crippen LogP contribution < -0.4 is 4.74 Å². The number of hydrogen-bond acceptors (Lipinski definition) is 1. The van der Waals surface area contributed by atoms with Crippen LogP contribution in [-0.2, 0) is 12.8 Å². The van der Waals surface area contributed by atoms with E-state index in [1.165, 1.54) is 12.7 Å². The highest BCUT2D eigenvalue weighted by atomic mass is 19.2. The van der Waals surface area contributed by atoms with E-state index in [1.807, 2.05) is 30.3 Å². The average molecular weight is 453 g/mol. The summed E-state index contributed by atoms with van der Waals surface area (Å²) in [5, 5.41) is 0. The van der Waals surface area contributed by atoms with Gasteiger partial charge in [0.05, 0.1) is 7.11 Å². The van der Waals surface area contributed by atoms with Gasteiger partial charge < -0.3 is 4.74 Å². The minimum atomic E-state index is -0.762. The monoisotopic (exact) mass is 452 g/mol. The summed E-state index contributed by atoms with van der Waals surface area (Å²) in [4.78, 5) is 0. The van der Waals surface area contributed by atoms with E-state index in [-0.39, 0.29) is 11.6 Å². The van der Waals surface area contributed by atoms with Crippen molar-refractivity contribution in [1.29, 1.82) is 0 Å². The first kappa shape index (κ1) is 23.4. The van der Waals surface area contributed by atoms with Crippen LogP contribution in [0.5, 0.6) is 5.75 Å². The van der Waals surface area contributed by atoms with E-state index in [4.69, 9.17) is 4.74 Å². The maximum Gasteiger partial charge on any atom is 0.166 e. The SMILES string of the molecule is CCc1ccc(-c2ccc(CCC3CCC(c4ccc(OC)c(F)c4)CC3)c(F)c2F)cc1. The van der Waals surface area contributed by atoms with Gasteiger partial charge in [-0.15, -0.1) is 0 Å². The molecule has 174 valence electrons. The van der Waals surface area contributed by atoms with Crippen LogP contribution in [0.2, 0.25) is 0 Å². The van der Waals surface area contributed by atoms with Gasteiger partial charge in [0.2, 0.25) is 0 Å². The van der Waals surface area contributed by atoms with Crippen LogP contribution in [0.4, 0.5) is 13.2 Å². The standard InChI is InChI=1S/C29H31F3O/c1-3-19-4-11-22(12-5-19)25-16-14-23(28(31)29(25)32)13-8-20-6-9-21(10-7-20)24-15-17-27(33-2)26(30)18-24/h4-5,11-12,14-18,20-21H,3,6-10,13H2,1-2H3. The first-order chi connectivity index (χ1) is 16.0. The van der Waals surface area contributed by atoms with Crippen molar-refractivity contribution in [2.24, 2.45) is 5.92 Å². The van der Waals surface area contributed by atoms with Crippen molar-refractivity contribution >= 4 is 0 Å². The van der Waals surface area contributed by atoms with Gasteiger partial charge in [-0.1, -0.05) is 49.4 Å². The van der Waals surface area contributed by atoms with E-state index in [0.29, 0.717) is 34.9 Å². The number of rotatable bonds is 7. The number of aryl methyl sites for hydroxylation is 2. The molecule has 3 aromatic carbocycles. The summed E-state index contributed by atoms with van der Waals surface area (Å²) >= 11 is 0. The Kier molecular flexibility index (Phi) is 7.42. The summed E-state index contributed by atoms with van der Waals surface area (Å²) in [5.41, 5.74) is 3.64. The van der Waals surface area contributed by atoms with E-state index in [2.05, 4.69) is 6.92 Å². The second kappa shape index (κ2) is 10.5. The van der Waals surface area contributed by atoms with Crippen LogP contribution in [0.1, 0.15) is 61.6 Å². The molecular formula is C29H31F3O. The van der Waals surface area contributed by atoms with Crippen LogP contribution in [0.3, 0.4) is 0 Å². The van der Waals surface area contributed by atoms with Gasteiger partial charge in [0, 0.05) is 5.56 Å². The quantitative estimate of drug-likeness (QED) is 0.351. The number of hydrogen-bond donors (Lipinski definition) is 0. The lowest BCUT2D eigenvalue weighted by Gasteiger charge is -2.29. The van der Waals surface area contributed by atoms with Gasteiger partial charge in [0.1, 0.15) is 0 Å². The van der Waals surface area contributed by atoms with Crippen molar-refractivity contribution in [2.75, 3.05) is 7.11 Å². The molecule has 0 atom stereocenters. The molecule has 1 fully saturated rings. The molecule has 1 aliphatic carbocycles. The van der Waals surface area contributed by atoms with E-state index in [9.17, 15) is 13.2 Å². The van der Waals surface area contributed by atoms with E-state index < -0.39 is 11.6 Å². The Morgan fingerprint density at radius 3 is 2.21 bits per heavy atom. The van der Waals surface area contributed by atoms with Gasteiger partial charge >= 0.3 is 0 Å². The molecule has 0 unspecified atom stereocenters. The van der Waals surface area contributed by atoms with E-state index in [1.54, 1.807) is 24.3 Å². The lowest BCUT2D eigenvalue weighted by Crippen LogP contribution is -2.14. The minimum absolute atomic E-state index is 0.269. The molecule has 1 nitrogen and oxygen atoms in total. The molecule has 0 saturated heterocycles. The zero-order valence-corrected chi connectivity index (χ0v) is 19.3. The first-order valence-electron chi connectivity index (χ1n) is 11.9. The molecule has 0 aromatic heterocycles. The van der Waals surface area contributed by atoms with Crippen molar-refractivity contribution < 1.29 is 17.9 Å². The van der Waals surface area contributed by atoms with Crippen LogP contribution in [0.25, 0.3) is 11.1 Å². The van der Waals surface area contributed by atoms with Crippen LogP contribution >= 0.6 is 0 Å². The Labute approximate surface area is 194 Å². The Morgan fingerprint density at radius 2 is 1.58 bits per heavy atom. The maximum absolute atomic E-state index is 14.8. The Bertz CT molecular complexity index is 1080. The molecule has 1 saturated carbocycles. The summed E-state index contributed by atoms with van der Waals surface area (Å²) in [6.45, 7) is 2.06. The number of benzene rings is 3. The molecule has 0 radical (unpaired) electrons. The summed E-state index contributed by atoms with van der Waals surface area (Å²) in [7, 11) is 1.47. The lowest BCUT2D eigenvalue weighted by atomic mass is 9.77. The zero-order valence-electron chi connectivity index (χ0n) is 19.3. The zero-order chi connectivity index (χ0) is 23.4. The van der Waals surface area contributed by atoms with Gasteiger partial charge in [-0.2, -0.15) is 0 Å². The molecule has 0 aliphatic heterocycles. The third-order valence-electron chi connectivity index (χ3n) is 7.15. The van der Waals surface area contributed by atoms with Crippen LogP contribution in [0.15, 0.2) is 54.6 Å². The fraction of sp³-hybridized carbons (Fsp3) is 0.379. The van der Waals surface area contributed by atoms with E-state index in [0.717, 1.165) is 44.1 Å². The van der Waals surface area contributed by atoms with Crippen LogP contribution in [-0.4, -0.2) is 7.11 Å². The molecule has 0 N–H and O–H groups in total. The maximum atomic E-state index is 14.8. The predicted molar refractivity (Wildman–Crippen MR) is 127 cm³/mol. The molecule has 0 bridgehead atoms. The Balaban J connectivity index is 1.35. The smallest absolute Gasteiger partial charge is 0.166 e. The molecular weight excluding hydrogens is 421 g/mol. The van der Waals surface area contributed by atoms with Crippen molar-refractivity contribution in [2.45, 2.75) is 57.8 Å². The lowest BCUT2D eigenvalue weighted by molar-refractivity contribution is 0.308. The molecule has 0 heterocycles. The van der Waals surface area contributed by atoms with Crippen molar-refractivity contribution in [3.8, 4) is 16.9 Å². The second-order valence-electron chi connectivity index (χ2n) is 9.10. The highest BCUT2D eigenvalue weighted by molar-refractivity contribution is 5.65. The molecule has 1 aliphatic rings. The van der Waals surface area contributed by atoms with Crippen molar-refractivity contribution in [1.82, 2.24) is 0 Å². The Hall–Kier alpha value is -2.75. The Morgan fingerprint density at radius 1 is 0.848 bits per heavy atom. The molecule has 33 heavy (non-hydrogen) atoms. The summed E-state index contributed by atoms with van der Waals surface area (Å²) in [5.74, 6) is -0.719. The highest BCUT2D eigenvalue weighted by Crippen LogP contribution is 2.39. The number of methoxy groups -OCH3 is 1. The van der Waals surface area contributed by atoms with E-state index >= 15 is 0 Å². The van der Waals surface area contributed by atoms with Gasteiger partial charge in [-0.05, 0) is 91.2 Å². The molecule has 0 spiro atoms. The summed E-state index contributed by atoms with van der Waals surface area (Å²) < 4.78 is 48.7. The third-order valence-corrected chi connectivity index (χ3v) is 7.15. The van der Waals surface area contributed by atoms with Crippen molar-refractivity contribution in [3.05, 3.63) is 88.7 Å². The molecule has 4 rings (SSSR count). The second-order valence-corrected chi connectivity index (χ2v) is 9.10. The van der Waals surface area contributed by atoms with Gasteiger partial charge in [-0.25, -0.2) is 13.2 Å². The fourth-order valence-corrected chi connectivity index (χ4v) is 5.01. The van der Waals surface area contributed by atoms with Gasteiger partial charge in [-0.3, -0.25) is 0 Å². The number of ether oxygens (including phenoxy) is 1. The normalized spacial score (nSPS) is 18.3. The minimum Gasteiger partial charge on any atom is -0.494 e. The van der Waals surface area contributed by atoms with Gasteiger partial charge in [0.25, 0.3) is 0 Å². The molecule has 4 heteroatoms. The average Bonchev–Trinajstić information content (AvgIpc) is 2.85. The largest absolute Gasteiger partial charge is 0.494 e.